The molecule has 2 aromatic carbocycles. The van der Waals surface area contributed by atoms with E-state index in [0.29, 0.717) is 28.5 Å². The number of hydrogen-bond donors (Lipinski definition) is 1. The second kappa shape index (κ2) is 8.72. The molecule has 0 atom stereocenters. The van der Waals surface area contributed by atoms with Crippen LogP contribution in [0.2, 0.25) is 0 Å². The molecule has 150 valence electrons. The van der Waals surface area contributed by atoms with Gasteiger partial charge in [-0.2, -0.15) is 15.6 Å². The maximum absolute atomic E-state index is 9.81. The van der Waals surface area contributed by atoms with Crippen LogP contribution in [0.1, 0.15) is 16.8 Å². The monoisotopic (exact) mass is 401 g/mol. The fourth-order valence-corrected chi connectivity index (χ4v) is 2.97. The molecular weight excluding hydrogens is 382 g/mol. The summed E-state index contributed by atoms with van der Waals surface area (Å²) in [6.07, 6.45) is 1.57. The normalized spacial score (nSPS) is 10.8. The van der Waals surface area contributed by atoms with Crippen LogP contribution in [0.5, 0.6) is 17.2 Å². The molecule has 0 aliphatic carbocycles. The summed E-state index contributed by atoms with van der Waals surface area (Å²) < 4.78 is 17.5. The molecule has 3 rings (SSSR count). The van der Waals surface area contributed by atoms with Gasteiger partial charge in [-0.15, -0.1) is 0 Å². The molecule has 0 aliphatic rings. The molecule has 0 saturated carbocycles. The van der Waals surface area contributed by atoms with E-state index in [1.807, 2.05) is 24.3 Å². The number of hydrogen-bond acceptors (Lipinski definition) is 7. The second-order valence-electron chi connectivity index (χ2n) is 6.09. The lowest BCUT2D eigenvalue weighted by Gasteiger charge is -2.12. The van der Waals surface area contributed by atoms with Crippen molar-refractivity contribution in [1.29, 1.82) is 10.5 Å². The third-order valence-corrected chi connectivity index (χ3v) is 4.45. The molecule has 2 N–H and O–H groups in total. The van der Waals surface area contributed by atoms with Crippen LogP contribution in [0.15, 0.2) is 42.5 Å². The van der Waals surface area contributed by atoms with Crippen molar-refractivity contribution >= 4 is 17.5 Å². The largest absolute Gasteiger partial charge is 0.496 e. The molecule has 8 heteroatoms. The van der Waals surface area contributed by atoms with Gasteiger partial charge in [0.1, 0.15) is 35.0 Å². The van der Waals surface area contributed by atoms with Gasteiger partial charge < -0.3 is 19.9 Å². The highest BCUT2D eigenvalue weighted by Gasteiger charge is 2.21. The third-order valence-electron chi connectivity index (χ3n) is 4.45. The number of rotatable bonds is 6. The van der Waals surface area contributed by atoms with Crippen molar-refractivity contribution in [3.8, 4) is 35.1 Å². The Morgan fingerprint density at radius 2 is 1.63 bits per heavy atom. The van der Waals surface area contributed by atoms with E-state index in [1.54, 1.807) is 30.3 Å². The van der Waals surface area contributed by atoms with Crippen LogP contribution in [0, 0.1) is 22.7 Å². The molecule has 0 radical (unpaired) electrons. The molecule has 1 aromatic heterocycles. The summed E-state index contributed by atoms with van der Waals surface area (Å²) in [6.45, 7) is 0. The van der Waals surface area contributed by atoms with Crippen molar-refractivity contribution in [3.63, 3.8) is 0 Å². The highest BCUT2D eigenvalue weighted by molar-refractivity contribution is 5.92. The van der Waals surface area contributed by atoms with E-state index in [2.05, 4.69) is 11.2 Å². The Balaban J connectivity index is 2.20. The number of para-hydroxylation sites is 1. The van der Waals surface area contributed by atoms with Gasteiger partial charge in [0, 0.05) is 11.6 Å². The molecule has 30 heavy (non-hydrogen) atoms. The Bertz CT molecular complexity index is 1180. The molecule has 0 amide bonds. The van der Waals surface area contributed by atoms with Gasteiger partial charge in [-0.25, -0.2) is 4.68 Å². The molecule has 3 aromatic rings. The first-order chi connectivity index (χ1) is 14.6. The standard InChI is InChI=1S/C22H19N5O3/c1-28-18-11-20(30-3)19(29-2)10-14(18)9-15(12-23)21-17(13-24)22(25)27(26-21)16-7-5-4-6-8-16/h4-11H,25H2,1-3H3/b15-9+. The number of methoxy groups -OCH3 is 3. The highest BCUT2D eigenvalue weighted by Crippen LogP contribution is 2.37. The summed E-state index contributed by atoms with van der Waals surface area (Å²) in [5, 5.41) is 23.9. The van der Waals surface area contributed by atoms with Gasteiger partial charge in [-0.1, -0.05) is 18.2 Å². The first kappa shape index (κ1) is 20.3. The number of benzene rings is 2. The van der Waals surface area contributed by atoms with E-state index < -0.39 is 0 Å². The lowest BCUT2D eigenvalue weighted by Crippen LogP contribution is -2.02. The highest BCUT2D eigenvalue weighted by atomic mass is 16.5. The van der Waals surface area contributed by atoms with Crippen LogP contribution >= 0.6 is 0 Å². The molecule has 0 aliphatic heterocycles. The number of aromatic nitrogens is 2. The van der Waals surface area contributed by atoms with Crippen LogP contribution in [-0.2, 0) is 0 Å². The molecule has 0 spiro atoms. The summed E-state index contributed by atoms with van der Waals surface area (Å²) in [4.78, 5) is 0. The van der Waals surface area contributed by atoms with Gasteiger partial charge in [0.2, 0.25) is 0 Å². The van der Waals surface area contributed by atoms with Crippen LogP contribution in [-0.4, -0.2) is 31.1 Å². The average molecular weight is 401 g/mol. The molecule has 8 nitrogen and oxygen atoms in total. The number of nitrogens with two attached hydrogens (primary N) is 1. The maximum Gasteiger partial charge on any atom is 0.164 e. The quantitative estimate of drug-likeness (QED) is 0.629. The Labute approximate surface area is 173 Å². The predicted octanol–water partition coefficient (Wildman–Crippen LogP) is 3.42. The molecule has 0 unspecified atom stereocenters. The zero-order chi connectivity index (χ0) is 21.7. The van der Waals surface area contributed by atoms with Crippen molar-refractivity contribution in [3.05, 3.63) is 59.3 Å². The summed E-state index contributed by atoms with van der Waals surface area (Å²) in [5.74, 6) is 1.57. The zero-order valence-corrected chi connectivity index (χ0v) is 16.7. The van der Waals surface area contributed by atoms with Gasteiger partial charge in [-0.3, -0.25) is 0 Å². The number of allylic oxidation sites excluding steroid dienone is 1. The number of nitriles is 2. The van der Waals surface area contributed by atoms with E-state index in [0.717, 1.165) is 0 Å². The molecule has 0 saturated heterocycles. The first-order valence-electron chi connectivity index (χ1n) is 8.84. The van der Waals surface area contributed by atoms with Crippen molar-refractivity contribution in [2.24, 2.45) is 0 Å². The van der Waals surface area contributed by atoms with Gasteiger partial charge in [-0.05, 0) is 24.3 Å². The Hall–Kier alpha value is -4.43. The maximum atomic E-state index is 9.81. The summed E-state index contributed by atoms with van der Waals surface area (Å²) in [7, 11) is 4.54. The van der Waals surface area contributed by atoms with Crippen LogP contribution in [0.4, 0.5) is 5.82 Å². The summed E-state index contributed by atoms with van der Waals surface area (Å²) in [6, 6.07) is 16.6. The Morgan fingerprint density at radius 3 is 2.20 bits per heavy atom. The minimum atomic E-state index is 0.117. The van der Waals surface area contributed by atoms with E-state index in [1.165, 1.54) is 26.0 Å². The van der Waals surface area contributed by atoms with E-state index >= 15 is 0 Å². The zero-order valence-electron chi connectivity index (χ0n) is 16.7. The van der Waals surface area contributed by atoms with Crippen LogP contribution in [0.25, 0.3) is 17.3 Å². The van der Waals surface area contributed by atoms with E-state index in [-0.39, 0.29) is 22.6 Å². The van der Waals surface area contributed by atoms with Gasteiger partial charge in [0.25, 0.3) is 0 Å². The van der Waals surface area contributed by atoms with Crippen LogP contribution in [0.3, 0.4) is 0 Å². The van der Waals surface area contributed by atoms with Gasteiger partial charge >= 0.3 is 0 Å². The molecular formula is C22H19N5O3. The average Bonchev–Trinajstić information content (AvgIpc) is 3.13. The van der Waals surface area contributed by atoms with Gasteiger partial charge in [0.15, 0.2) is 11.5 Å². The second-order valence-corrected chi connectivity index (χ2v) is 6.09. The topological polar surface area (TPSA) is 119 Å². The fraction of sp³-hybridized carbons (Fsp3) is 0.136. The van der Waals surface area contributed by atoms with E-state index in [9.17, 15) is 10.5 Å². The minimum Gasteiger partial charge on any atom is -0.496 e. The number of ether oxygens (including phenoxy) is 3. The van der Waals surface area contributed by atoms with Crippen molar-refractivity contribution < 1.29 is 14.2 Å². The third kappa shape index (κ3) is 3.62. The van der Waals surface area contributed by atoms with Crippen molar-refractivity contribution in [1.82, 2.24) is 9.78 Å². The summed E-state index contributed by atoms with van der Waals surface area (Å²) in [5.41, 5.74) is 7.84. The Kier molecular flexibility index (Phi) is 5.90. The molecule has 1 heterocycles. The molecule has 0 bridgehead atoms. The van der Waals surface area contributed by atoms with Crippen molar-refractivity contribution in [2.75, 3.05) is 27.1 Å². The van der Waals surface area contributed by atoms with Crippen LogP contribution < -0.4 is 19.9 Å². The lowest BCUT2D eigenvalue weighted by atomic mass is 10.0. The minimum absolute atomic E-state index is 0.117. The Morgan fingerprint density at radius 1 is 1.00 bits per heavy atom. The lowest BCUT2D eigenvalue weighted by molar-refractivity contribution is 0.348. The first-order valence-corrected chi connectivity index (χ1v) is 8.84. The van der Waals surface area contributed by atoms with Gasteiger partial charge in [0.05, 0.1) is 32.6 Å². The smallest absolute Gasteiger partial charge is 0.164 e. The SMILES string of the molecule is COc1cc(OC)c(OC)cc1/C=C(\C#N)c1nn(-c2ccccc2)c(N)c1C#N. The predicted molar refractivity (Wildman–Crippen MR) is 112 cm³/mol. The number of anilines is 1. The number of nitrogen functional groups attached to an aromatic ring is 1. The molecule has 0 fully saturated rings. The summed E-state index contributed by atoms with van der Waals surface area (Å²) >= 11 is 0. The van der Waals surface area contributed by atoms with E-state index in [4.69, 9.17) is 19.9 Å². The fourth-order valence-electron chi connectivity index (χ4n) is 2.97. The van der Waals surface area contributed by atoms with Crippen molar-refractivity contribution in [2.45, 2.75) is 0 Å². The number of nitrogens with zero attached hydrogens (tertiary/aromatic N) is 4.